The number of nitrogens with two attached hydrogens (primary N) is 1. The van der Waals surface area contributed by atoms with E-state index >= 15 is 0 Å². The Balaban J connectivity index is 2.35. The number of hydrogen-bond acceptors (Lipinski definition) is 3. The summed E-state index contributed by atoms with van der Waals surface area (Å²) in [5, 5.41) is 0. The van der Waals surface area contributed by atoms with Crippen molar-refractivity contribution in [2.24, 2.45) is 5.73 Å². The number of ether oxygens (including phenoxy) is 2. The van der Waals surface area contributed by atoms with E-state index in [4.69, 9.17) is 15.2 Å². The number of halogens is 1. The zero-order chi connectivity index (χ0) is 11.5. The summed E-state index contributed by atoms with van der Waals surface area (Å²) >= 11 is 0. The van der Waals surface area contributed by atoms with Gasteiger partial charge in [0.1, 0.15) is 6.67 Å². The quantitative estimate of drug-likeness (QED) is 0.855. The maximum absolute atomic E-state index is 12.9. The van der Waals surface area contributed by atoms with Crippen LogP contribution in [0.2, 0.25) is 0 Å². The van der Waals surface area contributed by atoms with Crippen LogP contribution in [-0.4, -0.2) is 13.3 Å². The molecular weight excluding hydrogens is 209 g/mol. The molecule has 0 aliphatic carbocycles. The molecule has 0 radical (unpaired) electrons. The minimum Gasteiger partial charge on any atom is -0.454 e. The van der Waals surface area contributed by atoms with Gasteiger partial charge in [-0.3, -0.25) is 0 Å². The first-order valence-electron chi connectivity index (χ1n) is 5.44. The van der Waals surface area contributed by atoms with Crippen LogP contribution in [0.3, 0.4) is 0 Å². The molecule has 1 aromatic carbocycles. The molecule has 0 amide bonds. The fourth-order valence-corrected chi connectivity index (χ4v) is 1.98. The molecule has 1 aliphatic heterocycles. The fourth-order valence-electron chi connectivity index (χ4n) is 1.98. The third-order valence-electron chi connectivity index (χ3n) is 2.91. The average molecular weight is 225 g/mol. The highest BCUT2D eigenvalue weighted by Crippen LogP contribution is 2.38. The second-order valence-electron chi connectivity index (χ2n) is 4.02. The van der Waals surface area contributed by atoms with Gasteiger partial charge < -0.3 is 15.2 Å². The molecule has 1 aromatic rings. The highest BCUT2D eigenvalue weighted by Gasteiger charge is 2.19. The largest absolute Gasteiger partial charge is 0.454 e. The van der Waals surface area contributed by atoms with Crippen LogP contribution >= 0.6 is 0 Å². The first kappa shape index (κ1) is 11.2. The Kier molecular flexibility index (Phi) is 3.29. The molecule has 16 heavy (non-hydrogen) atoms. The Morgan fingerprint density at radius 1 is 1.38 bits per heavy atom. The summed E-state index contributed by atoms with van der Waals surface area (Å²) in [6.07, 6.45) is 0.840. The number of alkyl halides is 1. The highest BCUT2D eigenvalue weighted by atomic mass is 19.1. The van der Waals surface area contributed by atoms with Gasteiger partial charge in [-0.15, -0.1) is 0 Å². The van der Waals surface area contributed by atoms with E-state index < -0.39 is 6.67 Å². The van der Waals surface area contributed by atoms with Crippen molar-refractivity contribution in [3.8, 4) is 11.5 Å². The average Bonchev–Trinajstić information content (AvgIpc) is 2.74. The minimum atomic E-state index is -0.485. The minimum absolute atomic E-state index is 0.218. The van der Waals surface area contributed by atoms with Gasteiger partial charge in [0, 0.05) is 0 Å². The molecule has 0 fully saturated rings. The van der Waals surface area contributed by atoms with Gasteiger partial charge >= 0.3 is 0 Å². The van der Waals surface area contributed by atoms with Crippen LogP contribution in [0.15, 0.2) is 12.1 Å². The zero-order valence-electron chi connectivity index (χ0n) is 9.33. The van der Waals surface area contributed by atoms with E-state index in [1.165, 1.54) is 0 Å². The molecule has 1 atom stereocenters. The molecule has 2 rings (SSSR count). The van der Waals surface area contributed by atoms with Crippen molar-refractivity contribution in [2.45, 2.75) is 25.9 Å². The van der Waals surface area contributed by atoms with Gasteiger partial charge in [0.2, 0.25) is 6.79 Å². The van der Waals surface area contributed by atoms with E-state index in [0.29, 0.717) is 23.6 Å². The van der Waals surface area contributed by atoms with E-state index in [2.05, 4.69) is 0 Å². The summed E-state index contributed by atoms with van der Waals surface area (Å²) in [5.41, 5.74) is 7.16. The van der Waals surface area contributed by atoms with E-state index in [0.717, 1.165) is 12.0 Å². The summed E-state index contributed by atoms with van der Waals surface area (Å²) < 4.78 is 23.4. The molecule has 0 spiro atoms. The summed E-state index contributed by atoms with van der Waals surface area (Å²) in [5.74, 6) is 1.58. The van der Waals surface area contributed by atoms with Crippen LogP contribution in [0.25, 0.3) is 0 Å². The van der Waals surface area contributed by atoms with E-state index in [1.54, 1.807) is 6.07 Å². The Labute approximate surface area is 94.3 Å². The number of rotatable bonds is 4. The first-order chi connectivity index (χ1) is 7.76. The summed E-state index contributed by atoms with van der Waals surface area (Å²) in [7, 11) is 0. The lowest BCUT2D eigenvalue weighted by molar-refractivity contribution is 0.174. The van der Waals surface area contributed by atoms with Crippen molar-refractivity contribution in [1.29, 1.82) is 0 Å². The van der Waals surface area contributed by atoms with Crippen molar-refractivity contribution in [1.82, 2.24) is 0 Å². The lowest BCUT2D eigenvalue weighted by Crippen LogP contribution is -2.06. The first-order valence-corrected chi connectivity index (χ1v) is 5.44. The Morgan fingerprint density at radius 2 is 2.06 bits per heavy atom. The monoisotopic (exact) mass is 225 g/mol. The normalized spacial score (nSPS) is 15.2. The van der Waals surface area contributed by atoms with Gasteiger partial charge in [0.05, 0.1) is 0 Å². The van der Waals surface area contributed by atoms with Crippen LogP contribution in [-0.2, 0) is 6.67 Å². The lowest BCUT2D eigenvalue weighted by atomic mass is 9.93. The molecule has 1 aliphatic rings. The Hall–Kier alpha value is -1.29. The van der Waals surface area contributed by atoms with E-state index in [1.807, 2.05) is 13.0 Å². The predicted octanol–water partition coefficient (Wildman–Crippen LogP) is 2.34. The maximum atomic E-state index is 12.9. The molecule has 0 aromatic heterocycles. The summed E-state index contributed by atoms with van der Waals surface area (Å²) in [6, 6.07) is 3.60. The SMILES string of the molecule is CC(CCN)c1cc2c(cc1CF)OCO2. The molecule has 0 saturated heterocycles. The smallest absolute Gasteiger partial charge is 0.231 e. The molecule has 1 unspecified atom stereocenters. The fraction of sp³-hybridized carbons (Fsp3) is 0.500. The molecule has 4 heteroatoms. The third-order valence-corrected chi connectivity index (χ3v) is 2.91. The van der Waals surface area contributed by atoms with Gasteiger partial charge in [0.25, 0.3) is 0 Å². The Bertz CT molecular complexity index is 382. The van der Waals surface area contributed by atoms with E-state index in [-0.39, 0.29) is 12.7 Å². The third kappa shape index (κ3) is 1.97. The Morgan fingerprint density at radius 3 is 2.69 bits per heavy atom. The summed E-state index contributed by atoms with van der Waals surface area (Å²) in [4.78, 5) is 0. The van der Waals surface area contributed by atoms with Crippen molar-refractivity contribution in [3.63, 3.8) is 0 Å². The van der Waals surface area contributed by atoms with Crippen molar-refractivity contribution < 1.29 is 13.9 Å². The van der Waals surface area contributed by atoms with E-state index in [9.17, 15) is 4.39 Å². The second-order valence-corrected chi connectivity index (χ2v) is 4.02. The topological polar surface area (TPSA) is 44.5 Å². The van der Waals surface area contributed by atoms with Gasteiger partial charge in [-0.05, 0) is 42.1 Å². The van der Waals surface area contributed by atoms with Gasteiger partial charge in [-0.2, -0.15) is 0 Å². The van der Waals surface area contributed by atoms with Gasteiger partial charge in [0.15, 0.2) is 11.5 Å². The molecule has 2 N–H and O–H groups in total. The maximum Gasteiger partial charge on any atom is 0.231 e. The summed E-state index contributed by atoms with van der Waals surface area (Å²) in [6.45, 7) is 2.38. The van der Waals surface area contributed by atoms with Crippen molar-refractivity contribution in [2.75, 3.05) is 13.3 Å². The molecule has 0 saturated carbocycles. The van der Waals surface area contributed by atoms with Crippen molar-refractivity contribution in [3.05, 3.63) is 23.3 Å². The molecule has 1 heterocycles. The lowest BCUT2D eigenvalue weighted by Gasteiger charge is -2.15. The van der Waals surface area contributed by atoms with Crippen LogP contribution in [0.1, 0.15) is 30.4 Å². The highest BCUT2D eigenvalue weighted by molar-refractivity contribution is 5.49. The second kappa shape index (κ2) is 4.70. The van der Waals surface area contributed by atoms with Crippen LogP contribution in [0, 0.1) is 0 Å². The van der Waals surface area contributed by atoms with Crippen LogP contribution in [0.4, 0.5) is 4.39 Å². The van der Waals surface area contributed by atoms with Crippen LogP contribution in [0.5, 0.6) is 11.5 Å². The molecule has 88 valence electrons. The van der Waals surface area contributed by atoms with Crippen LogP contribution < -0.4 is 15.2 Å². The molecule has 0 bridgehead atoms. The molecule has 3 nitrogen and oxygen atoms in total. The molecular formula is C12H16FNO2. The van der Waals surface area contributed by atoms with Crippen molar-refractivity contribution >= 4 is 0 Å². The standard InChI is InChI=1S/C12H16FNO2/c1-8(2-3-14)10-5-12-11(15-7-16-12)4-9(10)6-13/h4-5,8H,2-3,6-7,14H2,1H3. The number of hydrogen-bond donors (Lipinski definition) is 1. The zero-order valence-corrected chi connectivity index (χ0v) is 9.33. The predicted molar refractivity (Wildman–Crippen MR) is 59.5 cm³/mol. The number of fused-ring (bicyclic) bond motifs is 1. The van der Waals surface area contributed by atoms with Gasteiger partial charge in [-0.1, -0.05) is 6.92 Å². The number of benzene rings is 1. The van der Waals surface area contributed by atoms with Gasteiger partial charge in [-0.25, -0.2) is 4.39 Å².